The molecule has 0 saturated carbocycles. The van der Waals surface area contributed by atoms with E-state index in [2.05, 4.69) is 82.2 Å². The summed E-state index contributed by atoms with van der Waals surface area (Å²) in [5, 5.41) is 7.96. The van der Waals surface area contributed by atoms with Crippen molar-refractivity contribution in [1.82, 2.24) is 20.5 Å². The molecular weight excluding hydrogens is 420 g/mol. The molecule has 182 valence electrons. The molecule has 1 aliphatic rings. The Hall–Kier alpha value is -2.63. The van der Waals surface area contributed by atoms with E-state index in [4.69, 9.17) is 0 Å². The summed E-state index contributed by atoms with van der Waals surface area (Å²) in [7, 11) is 0. The van der Waals surface area contributed by atoms with Crippen molar-refractivity contribution in [2.24, 2.45) is 5.92 Å². The predicted octanol–water partition coefficient (Wildman–Crippen LogP) is 4.89. The third kappa shape index (κ3) is 6.94. The molecule has 1 saturated heterocycles. The fourth-order valence-corrected chi connectivity index (χ4v) is 5.03. The molecule has 2 heterocycles. The van der Waals surface area contributed by atoms with Gasteiger partial charge in [0.1, 0.15) is 0 Å². The summed E-state index contributed by atoms with van der Waals surface area (Å²) < 4.78 is 0. The number of carbonyl (C=O) groups excluding carboxylic acids is 1. The van der Waals surface area contributed by atoms with Gasteiger partial charge in [-0.1, -0.05) is 61.9 Å². The molecule has 3 aromatic rings. The van der Waals surface area contributed by atoms with E-state index < -0.39 is 0 Å². The number of nitrogens with zero attached hydrogens (tertiary/aromatic N) is 1. The molecule has 1 amide bonds. The van der Waals surface area contributed by atoms with Gasteiger partial charge < -0.3 is 15.6 Å². The number of piperidine rings is 1. The maximum Gasteiger partial charge on any atom is 0.237 e. The molecule has 0 spiro atoms. The lowest BCUT2D eigenvalue weighted by molar-refractivity contribution is -0.123. The van der Waals surface area contributed by atoms with Gasteiger partial charge in [-0.3, -0.25) is 9.69 Å². The summed E-state index contributed by atoms with van der Waals surface area (Å²) in [5.74, 6) is 0.829. The van der Waals surface area contributed by atoms with E-state index in [9.17, 15) is 4.79 Å². The standard InChI is InChI=1S/C29H40N4O/c1-2-3-16-30-28(20-25-21-32-27-12-8-7-11-26(25)27)29(34)31-17-13-23-14-18-33(19-15-23)22-24-9-5-4-6-10-24/h4-12,21,23,28,30,32H,2-3,13-20,22H2,1H3,(H,31,34)/t28-/m0/s1. The number of benzene rings is 2. The molecule has 3 N–H and O–H groups in total. The molecular formula is C29H40N4O. The topological polar surface area (TPSA) is 60.2 Å². The van der Waals surface area contributed by atoms with E-state index in [-0.39, 0.29) is 11.9 Å². The normalized spacial score (nSPS) is 16.0. The molecule has 4 rings (SSSR count). The second-order valence-electron chi connectivity index (χ2n) is 9.71. The van der Waals surface area contributed by atoms with Gasteiger partial charge in [0.15, 0.2) is 0 Å². The van der Waals surface area contributed by atoms with E-state index in [0.29, 0.717) is 12.3 Å². The first kappa shape index (κ1) is 24.5. The number of hydrogen-bond donors (Lipinski definition) is 3. The molecule has 0 radical (unpaired) electrons. The number of likely N-dealkylation sites (tertiary alicyclic amines) is 1. The zero-order valence-electron chi connectivity index (χ0n) is 20.6. The van der Waals surface area contributed by atoms with Crippen LogP contribution < -0.4 is 10.6 Å². The SMILES string of the molecule is CCCCN[C@@H](Cc1c[nH]c2ccccc12)C(=O)NCCC1CCN(Cc2ccccc2)CC1. The minimum absolute atomic E-state index is 0.128. The van der Waals surface area contributed by atoms with E-state index in [1.165, 1.54) is 29.4 Å². The number of aromatic nitrogens is 1. The van der Waals surface area contributed by atoms with Crippen LogP contribution in [-0.2, 0) is 17.8 Å². The third-order valence-electron chi connectivity index (χ3n) is 7.14. The van der Waals surface area contributed by atoms with E-state index in [1.807, 2.05) is 6.07 Å². The Morgan fingerprint density at radius 1 is 1.06 bits per heavy atom. The van der Waals surface area contributed by atoms with Crippen molar-refractivity contribution in [3.05, 3.63) is 71.9 Å². The van der Waals surface area contributed by atoms with Crippen LogP contribution in [0.2, 0.25) is 0 Å². The van der Waals surface area contributed by atoms with Gasteiger partial charge in [0.05, 0.1) is 6.04 Å². The maximum atomic E-state index is 13.1. The van der Waals surface area contributed by atoms with Gasteiger partial charge in [0.25, 0.3) is 0 Å². The van der Waals surface area contributed by atoms with Gasteiger partial charge in [0.2, 0.25) is 5.91 Å². The first-order valence-electron chi connectivity index (χ1n) is 13.0. The molecule has 34 heavy (non-hydrogen) atoms. The summed E-state index contributed by atoms with van der Waals surface area (Å²) in [4.78, 5) is 19.0. The molecule has 5 nitrogen and oxygen atoms in total. The molecule has 5 heteroatoms. The first-order chi connectivity index (χ1) is 16.7. The number of aromatic amines is 1. The van der Waals surface area contributed by atoms with Crippen molar-refractivity contribution in [3.8, 4) is 0 Å². The van der Waals surface area contributed by atoms with Crippen LogP contribution >= 0.6 is 0 Å². The van der Waals surface area contributed by atoms with Crippen molar-refractivity contribution >= 4 is 16.8 Å². The molecule has 2 aromatic carbocycles. The largest absolute Gasteiger partial charge is 0.361 e. The Kier molecular flexibility index (Phi) is 9.17. The van der Waals surface area contributed by atoms with Gasteiger partial charge in [-0.25, -0.2) is 0 Å². The monoisotopic (exact) mass is 460 g/mol. The smallest absolute Gasteiger partial charge is 0.237 e. The fraction of sp³-hybridized carbons (Fsp3) is 0.483. The Labute approximate surface area is 204 Å². The lowest BCUT2D eigenvalue weighted by Crippen LogP contribution is -2.46. The molecule has 0 bridgehead atoms. The molecule has 0 unspecified atom stereocenters. The number of carbonyl (C=O) groups is 1. The Morgan fingerprint density at radius 2 is 1.82 bits per heavy atom. The zero-order chi connectivity index (χ0) is 23.6. The van der Waals surface area contributed by atoms with Crippen LogP contribution in [-0.4, -0.2) is 48.0 Å². The van der Waals surface area contributed by atoms with Crippen LogP contribution in [0, 0.1) is 5.92 Å². The minimum Gasteiger partial charge on any atom is -0.361 e. The van der Waals surface area contributed by atoms with Crippen LogP contribution in [0.15, 0.2) is 60.8 Å². The number of hydrogen-bond acceptors (Lipinski definition) is 3. The van der Waals surface area contributed by atoms with Gasteiger partial charge in [-0.2, -0.15) is 0 Å². The van der Waals surface area contributed by atoms with E-state index in [0.717, 1.165) is 57.5 Å². The highest BCUT2D eigenvalue weighted by Gasteiger charge is 2.22. The minimum atomic E-state index is -0.196. The summed E-state index contributed by atoms with van der Waals surface area (Å²) in [6, 6.07) is 18.9. The zero-order valence-corrected chi connectivity index (χ0v) is 20.6. The van der Waals surface area contributed by atoms with Crippen LogP contribution in [0.4, 0.5) is 0 Å². The second kappa shape index (κ2) is 12.7. The van der Waals surface area contributed by atoms with Gasteiger partial charge >= 0.3 is 0 Å². The number of rotatable bonds is 12. The number of unbranched alkanes of at least 4 members (excludes halogenated alkanes) is 1. The first-order valence-corrected chi connectivity index (χ1v) is 13.0. The second-order valence-corrected chi connectivity index (χ2v) is 9.71. The highest BCUT2D eigenvalue weighted by atomic mass is 16.2. The molecule has 1 fully saturated rings. The molecule has 1 atom stereocenters. The summed E-state index contributed by atoms with van der Waals surface area (Å²) >= 11 is 0. The summed E-state index contributed by atoms with van der Waals surface area (Å²) in [6.07, 6.45) is 8.47. The third-order valence-corrected chi connectivity index (χ3v) is 7.14. The maximum absolute atomic E-state index is 13.1. The van der Waals surface area contributed by atoms with Crippen LogP contribution in [0.5, 0.6) is 0 Å². The quantitative estimate of drug-likeness (QED) is 0.337. The number of nitrogens with one attached hydrogen (secondary N) is 3. The fourth-order valence-electron chi connectivity index (χ4n) is 5.03. The number of amides is 1. The van der Waals surface area contributed by atoms with Crippen molar-refractivity contribution in [3.63, 3.8) is 0 Å². The van der Waals surface area contributed by atoms with Gasteiger partial charge in [0, 0.05) is 30.2 Å². The molecule has 1 aliphatic heterocycles. The van der Waals surface area contributed by atoms with Gasteiger partial charge in [-0.15, -0.1) is 0 Å². The van der Waals surface area contributed by atoms with Crippen LogP contribution in [0.25, 0.3) is 10.9 Å². The summed E-state index contributed by atoms with van der Waals surface area (Å²) in [6.45, 7) is 7.16. The van der Waals surface area contributed by atoms with Crippen LogP contribution in [0.3, 0.4) is 0 Å². The number of para-hydroxylation sites is 1. The average molecular weight is 461 g/mol. The lowest BCUT2D eigenvalue weighted by Gasteiger charge is -2.32. The summed E-state index contributed by atoms with van der Waals surface area (Å²) in [5.41, 5.74) is 3.72. The van der Waals surface area contributed by atoms with E-state index >= 15 is 0 Å². The highest BCUT2D eigenvalue weighted by Crippen LogP contribution is 2.22. The number of fused-ring (bicyclic) bond motifs is 1. The lowest BCUT2D eigenvalue weighted by atomic mass is 9.93. The van der Waals surface area contributed by atoms with Crippen molar-refractivity contribution < 1.29 is 4.79 Å². The number of H-pyrrole nitrogens is 1. The van der Waals surface area contributed by atoms with Crippen molar-refractivity contribution in [2.75, 3.05) is 26.2 Å². The average Bonchev–Trinajstić information content (AvgIpc) is 3.28. The Morgan fingerprint density at radius 3 is 2.62 bits per heavy atom. The molecule has 1 aromatic heterocycles. The van der Waals surface area contributed by atoms with Crippen molar-refractivity contribution in [2.45, 2.75) is 58.0 Å². The van der Waals surface area contributed by atoms with Crippen LogP contribution in [0.1, 0.15) is 50.2 Å². The Bertz CT molecular complexity index is 1010. The van der Waals surface area contributed by atoms with E-state index in [1.54, 1.807) is 0 Å². The Balaban J connectivity index is 1.23. The highest BCUT2D eigenvalue weighted by molar-refractivity contribution is 5.86. The predicted molar refractivity (Wildman–Crippen MR) is 141 cm³/mol. The van der Waals surface area contributed by atoms with Crippen molar-refractivity contribution in [1.29, 1.82) is 0 Å². The molecule has 0 aliphatic carbocycles. The van der Waals surface area contributed by atoms with Gasteiger partial charge in [-0.05, 0) is 74.8 Å².